The van der Waals surface area contributed by atoms with Crippen molar-refractivity contribution in [1.82, 2.24) is 14.8 Å². The molecule has 0 fully saturated rings. The van der Waals surface area contributed by atoms with Crippen molar-refractivity contribution < 1.29 is 0 Å². The fourth-order valence-corrected chi connectivity index (χ4v) is 3.50. The van der Waals surface area contributed by atoms with Gasteiger partial charge >= 0.3 is 0 Å². The van der Waals surface area contributed by atoms with Crippen LogP contribution in [0.1, 0.15) is 37.1 Å². The van der Waals surface area contributed by atoms with Gasteiger partial charge in [0.05, 0.1) is 6.04 Å². The molecule has 5 heteroatoms. The molecule has 0 saturated heterocycles. The maximum atomic E-state index is 6.06. The third-order valence-corrected chi connectivity index (χ3v) is 4.92. The van der Waals surface area contributed by atoms with E-state index in [9.17, 15) is 0 Å². The number of nitrogens with zero attached hydrogens (tertiary/aromatic N) is 2. The summed E-state index contributed by atoms with van der Waals surface area (Å²) in [4.78, 5) is 2.30. The summed E-state index contributed by atoms with van der Waals surface area (Å²) < 4.78 is 2.31. The largest absolute Gasteiger partial charge is 0.363 e. The molecule has 23 heavy (non-hydrogen) atoms. The van der Waals surface area contributed by atoms with E-state index in [1.165, 1.54) is 17.7 Å². The Hall–Kier alpha value is -1.52. The molecule has 2 aromatic rings. The van der Waals surface area contributed by atoms with Gasteiger partial charge in [-0.25, -0.2) is 0 Å². The Balaban J connectivity index is 1.89. The molecular formula is C18H22ClN3S. The molecular weight excluding hydrogens is 326 g/mol. The smallest absolute Gasteiger partial charge is 0.169 e. The zero-order chi connectivity index (χ0) is 16.2. The topological polar surface area (TPSA) is 20.2 Å². The van der Waals surface area contributed by atoms with Crippen LogP contribution in [-0.2, 0) is 6.54 Å². The summed E-state index contributed by atoms with van der Waals surface area (Å²) in [6, 6.07) is 12.5. The lowest BCUT2D eigenvalue weighted by Gasteiger charge is -2.39. The first kappa shape index (κ1) is 16.3. The van der Waals surface area contributed by atoms with Gasteiger partial charge in [0.15, 0.2) is 5.11 Å². The highest BCUT2D eigenvalue weighted by Gasteiger charge is 2.30. The first-order valence-corrected chi connectivity index (χ1v) is 8.94. The fraction of sp³-hybridized carbons (Fsp3) is 0.389. The van der Waals surface area contributed by atoms with Gasteiger partial charge in [-0.1, -0.05) is 37.1 Å². The molecule has 1 unspecified atom stereocenters. The predicted molar refractivity (Wildman–Crippen MR) is 99.9 cm³/mol. The van der Waals surface area contributed by atoms with Crippen LogP contribution in [0.5, 0.6) is 0 Å². The summed E-state index contributed by atoms with van der Waals surface area (Å²) in [6.45, 7) is 4.99. The van der Waals surface area contributed by atoms with Crippen LogP contribution in [0.3, 0.4) is 0 Å². The van der Waals surface area contributed by atoms with Crippen LogP contribution in [-0.4, -0.2) is 27.7 Å². The van der Waals surface area contributed by atoms with Crippen molar-refractivity contribution in [2.75, 3.05) is 13.1 Å². The molecule has 1 aromatic carbocycles. The molecule has 1 aromatic heterocycles. The molecule has 0 radical (unpaired) electrons. The van der Waals surface area contributed by atoms with E-state index in [4.69, 9.17) is 23.8 Å². The molecule has 0 aliphatic carbocycles. The van der Waals surface area contributed by atoms with Crippen LogP contribution < -0.4 is 5.32 Å². The van der Waals surface area contributed by atoms with E-state index >= 15 is 0 Å². The number of unbranched alkanes of at least 4 members (excludes halogenated alkanes) is 1. The Labute approximate surface area is 148 Å². The normalized spacial score (nSPS) is 17.0. The summed E-state index contributed by atoms with van der Waals surface area (Å²) in [5.41, 5.74) is 2.49. The number of aromatic nitrogens is 1. The number of nitrogens with one attached hydrogen (secondary N) is 1. The molecule has 1 aliphatic rings. The third-order valence-electron chi connectivity index (χ3n) is 4.29. The highest BCUT2D eigenvalue weighted by molar-refractivity contribution is 7.80. The summed E-state index contributed by atoms with van der Waals surface area (Å²) >= 11 is 11.7. The zero-order valence-corrected chi connectivity index (χ0v) is 14.9. The molecule has 3 nitrogen and oxygen atoms in total. The van der Waals surface area contributed by atoms with Crippen LogP contribution in [0, 0.1) is 0 Å². The summed E-state index contributed by atoms with van der Waals surface area (Å²) in [6.07, 6.45) is 4.44. The van der Waals surface area contributed by atoms with Gasteiger partial charge in [0.2, 0.25) is 0 Å². The lowest BCUT2D eigenvalue weighted by molar-refractivity contribution is 0.286. The second-order valence-corrected chi connectivity index (χ2v) is 6.68. The number of fused-ring (bicyclic) bond motifs is 1. The molecule has 0 saturated carbocycles. The molecule has 0 bridgehead atoms. The molecule has 1 atom stereocenters. The van der Waals surface area contributed by atoms with Crippen LogP contribution in [0.15, 0.2) is 42.6 Å². The van der Waals surface area contributed by atoms with Crippen molar-refractivity contribution >= 4 is 28.9 Å². The number of rotatable bonds is 4. The first-order chi connectivity index (χ1) is 11.2. The Bertz CT molecular complexity index is 665. The van der Waals surface area contributed by atoms with Crippen LogP contribution in [0.25, 0.3) is 0 Å². The van der Waals surface area contributed by atoms with Gasteiger partial charge in [0.1, 0.15) is 0 Å². The lowest BCUT2D eigenvalue weighted by atomic mass is 10.0. The number of hydrogen-bond acceptors (Lipinski definition) is 1. The van der Waals surface area contributed by atoms with E-state index in [0.717, 1.165) is 36.2 Å². The van der Waals surface area contributed by atoms with Gasteiger partial charge in [-0.2, -0.15) is 0 Å². The van der Waals surface area contributed by atoms with Crippen molar-refractivity contribution in [2.24, 2.45) is 0 Å². The van der Waals surface area contributed by atoms with Crippen molar-refractivity contribution in [3.05, 3.63) is 58.9 Å². The average Bonchev–Trinajstić information content (AvgIpc) is 3.03. The third kappa shape index (κ3) is 3.54. The SMILES string of the molecule is CCCCNC(=S)N1CCn2cccc2C1c1ccc(Cl)cc1. The Morgan fingerprint density at radius 2 is 2.04 bits per heavy atom. The maximum absolute atomic E-state index is 6.06. The van der Waals surface area contributed by atoms with E-state index in [-0.39, 0.29) is 6.04 Å². The highest BCUT2D eigenvalue weighted by atomic mass is 35.5. The molecule has 3 rings (SSSR count). The summed E-state index contributed by atoms with van der Waals surface area (Å²) in [5.74, 6) is 0. The minimum atomic E-state index is 0.137. The number of hydrogen-bond donors (Lipinski definition) is 1. The molecule has 0 amide bonds. The van der Waals surface area contributed by atoms with Gasteiger partial charge in [0.25, 0.3) is 0 Å². The van der Waals surface area contributed by atoms with E-state index in [1.807, 2.05) is 12.1 Å². The molecule has 0 spiro atoms. The zero-order valence-electron chi connectivity index (χ0n) is 13.3. The second kappa shape index (κ2) is 7.37. The Morgan fingerprint density at radius 3 is 2.78 bits per heavy atom. The number of halogens is 1. The van der Waals surface area contributed by atoms with Crippen LogP contribution in [0.4, 0.5) is 0 Å². The Kier molecular flexibility index (Phi) is 5.23. The quantitative estimate of drug-likeness (QED) is 0.660. The standard InChI is InChI=1S/C18H22ClN3S/c1-2-3-10-20-18(23)22-13-12-21-11-4-5-16(21)17(22)14-6-8-15(19)9-7-14/h4-9,11,17H,2-3,10,12-13H2,1H3,(H,20,23). The van der Waals surface area contributed by atoms with E-state index < -0.39 is 0 Å². The van der Waals surface area contributed by atoms with Gasteiger partial charge in [0, 0.05) is 36.5 Å². The monoisotopic (exact) mass is 347 g/mol. The minimum Gasteiger partial charge on any atom is -0.363 e. The van der Waals surface area contributed by atoms with Gasteiger partial charge in [-0.3, -0.25) is 0 Å². The van der Waals surface area contributed by atoms with Crippen LogP contribution in [0.2, 0.25) is 5.02 Å². The fourth-order valence-electron chi connectivity index (χ4n) is 3.07. The number of thiocarbonyl (C=S) groups is 1. The maximum Gasteiger partial charge on any atom is 0.169 e. The van der Waals surface area contributed by atoms with Gasteiger partial charge in [-0.05, 0) is 48.5 Å². The summed E-state index contributed by atoms with van der Waals surface area (Å²) in [7, 11) is 0. The minimum absolute atomic E-state index is 0.137. The molecule has 2 heterocycles. The predicted octanol–water partition coefficient (Wildman–Crippen LogP) is 4.22. The van der Waals surface area contributed by atoms with Crippen molar-refractivity contribution in [2.45, 2.75) is 32.4 Å². The van der Waals surface area contributed by atoms with Crippen molar-refractivity contribution in [1.29, 1.82) is 0 Å². The van der Waals surface area contributed by atoms with E-state index in [0.29, 0.717) is 0 Å². The second-order valence-electron chi connectivity index (χ2n) is 5.86. The van der Waals surface area contributed by atoms with Crippen molar-refractivity contribution in [3.8, 4) is 0 Å². The van der Waals surface area contributed by atoms with Crippen LogP contribution >= 0.6 is 23.8 Å². The lowest BCUT2D eigenvalue weighted by Crippen LogP contribution is -2.47. The molecule has 1 N–H and O–H groups in total. The average molecular weight is 348 g/mol. The van der Waals surface area contributed by atoms with E-state index in [2.05, 4.69) is 52.2 Å². The Morgan fingerprint density at radius 1 is 1.26 bits per heavy atom. The van der Waals surface area contributed by atoms with Gasteiger partial charge < -0.3 is 14.8 Å². The summed E-state index contributed by atoms with van der Waals surface area (Å²) in [5, 5.41) is 5.01. The van der Waals surface area contributed by atoms with Gasteiger partial charge in [-0.15, -0.1) is 0 Å². The molecule has 1 aliphatic heterocycles. The van der Waals surface area contributed by atoms with Crippen molar-refractivity contribution in [3.63, 3.8) is 0 Å². The van der Waals surface area contributed by atoms with E-state index in [1.54, 1.807) is 0 Å². The number of benzene rings is 1. The first-order valence-electron chi connectivity index (χ1n) is 8.15. The molecule has 122 valence electrons. The highest BCUT2D eigenvalue weighted by Crippen LogP contribution is 2.33.